The van der Waals surface area contributed by atoms with Gasteiger partial charge in [-0.2, -0.15) is 0 Å². The Labute approximate surface area is 162 Å². The maximum atomic E-state index is 12.0. The van der Waals surface area contributed by atoms with Gasteiger partial charge >= 0.3 is 0 Å². The Balaban J connectivity index is 1.84. The molecule has 2 aromatic rings. The summed E-state index contributed by atoms with van der Waals surface area (Å²) in [4.78, 5) is 33.9. The van der Waals surface area contributed by atoms with Crippen LogP contribution in [0.5, 0.6) is 0 Å². The van der Waals surface area contributed by atoms with Gasteiger partial charge < -0.3 is 15.4 Å². The number of nitro benzene ring substituents is 1. The van der Waals surface area contributed by atoms with Gasteiger partial charge in [0.2, 0.25) is 11.8 Å². The Morgan fingerprint density at radius 1 is 1.11 bits per heavy atom. The lowest BCUT2D eigenvalue weighted by Crippen LogP contribution is -2.28. The largest absolute Gasteiger partial charge is 0.383 e. The summed E-state index contributed by atoms with van der Waals surface area (Å²) >= 11 is 0. The Kier molecular flexibility index (Phi) is 7.86. The van der Waals surface area contributed by atoms with E-state index < -0.39 is 4.92 Å². The fourth-order valence-corrected chi connectivity index (χ4v) is 2.31. The number of rotatable bonds is 9. The third-order valence-electron chi connectivity index (χ3n) is 3.75. The number of amides is 2. The molecule has 8 heteroatoms. The minimum atomic E-state index is -0.479. The normalized spacial score (nSPS) is 10.6. The number of nitrogens with one attached hydrogen (secondary N) is 2. The van der Waals surface area contributed by atoms with Gasteiger partial charge in [0.1, 0.15) is 0 Å². The SMILES string of the molecule is COCCNC(=O)Cc1ccc(NC(=O)/C=C/c2ccc([N+](=O)[O-])cc2)cc1. The molecule has 0 radical (unpaired) electrons. The van der Waals surface area contributed by atoms with Gasteiger partial charge in [0.05, 0.1) is 18.0 Å². The summed E-state index contributed by atoms with van der Waals surface area (Å²) in [5.41, 5.74) is 2.10. The Morgan fingerprint density at radius 3 is 2.39 bits per heavy atom. The van der Waals surface area contributed by atoms with Crippen LogP contribution in [0.3, 0.4) is 0 Å². The van der Waals surface area contributed by atoms with Gasteiger partial charge in [-0.05, 0) is 41.5 Å². The number of benzene rings is 2. The molecule has 2 amide bonds. The van der Waals surface area contributed by atoms with E-state index in [1.165, 1.54) is 18.2 Å². The van der Waals surface area contributed by atoms with E-state index in [0.717, 1.165) is 5.56 Å². The van der Waals surface area contributed by atoms with E-state index in [9.17, 15) is 19.7 Å². The van der Waals surface area contributed by atoms with E-state index >= 15 is 0 Å². The van der Waals surface area contributed by atoms with Gasteiger partial charge in [-0.15, -0.1) is 0 Å². The maximum Gasteiger partial charge on any atom is 0.269 e. The molecule has 0 saturated carbocycles. The highest BCUT2D eigenvalue weighted by Crippen LogP contribution is 2.13. The van der Waals surface area contributed by atoms with Gasteiger partial charge in [0.25, 0.3) is 5.69 Å². The molecule has 0 saturated heterocycles. The molecule has 0 spiro atoms. The van der Waals surface area contributed by atoms with Crippen LogP contribution in [0.4, 0.5) is 11.4 Å². The average molecular weight is 383 g/mol. The number of nitro groups is 1. The van der Waals surface area contributed by atoms with Crippen LogP contribution in [0.1, 0.15) is 11.1 Å². The summed E-state index contributed by atoms with van der Waals surface area (Å²) in [6.45, 7) is 0.925. The van der Waals surface area contributed by atoms with Crippen molar-refractivity contribution >= 4 is 29.3 Å². The van der Waals surface area contributed by atoms with Crippen molar-refractivity contribution in [3.8, 4) is 0 Å². The molecule has 0 aliphatic rings. The monoisotopic (exact) mass is 383 g/mol. The topological polar surface area (TPSA) is 111 Å². The van der Waals surface area contributed by atoms with E-state index in [2.05, 4.69) is 10.6 Å². The van der Waals surface area contributed by atoms with Crippen LogP contribution in [-0.4, -0.2) is 37.0 Å². The van der Waals surface area contributed by atoms with Crippen molar-refractivity contribution in [2.75, 3.05) is 25.6 Å². The second-order valence-corrected chi connectivity index (χ2v) is 5.89. The summed E-state index contributed by atoms with van der Waals surface area (Å²) in [6.07, 6.45) is 3.16. The summed E-state index contributed by atoms with van der Waals surface area (Å²) in [5.74, 6) is -0.428. The third-order valence-corrected chi connectivity index (χ3v) is 3.75. The molecule has 0 unspecified atom stereocenters. The Hall–Kier alpha value is -3.52. The zero-order valence-corrected chi connectivity index (χ0v) is 15.4. The van der Waals surface area contributed by atoms with Gasteiger partial charge in [0.15, 0.2) is 0 Å². The zero-order chi connectivity index (χ0) is 20.4. The molecule has 0 fully saturated rings. The van der Waals surface area contributed by atoms with Crippen LogP contribution < -0.4 is 10.6 Å². The quantitative estimate of drug-likeness (QED) is 0.299. The summed E-state index contributed by atoms with van der Waals surface area (Å²) in [5, 5.41) is 16.1. The highest BCUT2D eigenvalue weighted by Gasteiger charge is 2.05. The third kappa shape index (κ3) is 7.00. The van der Waals surface area contributed by atoms with Crippen LogP contribution in [-0.2, 0) is 20.7 Å². The van der Waals surface area contributed by atoms with Crippen molar-refractivity contribution in [1.82, 2.24) is 5.32 Å². The zero-order valence-electron chi connectivity index (χ0n) is 15.4. The van der Waals surface area contributed by atoms with Gasteiger partial charge in [0, 0.05) is 37.6 Å². The average Bonchev–Trinajstić information content (AvgIpc) is 2.68. The predicted octanol–water partition coefficient (Wildman–Crippen LogP) is 2.55. The van der Waals surface area contributed by atoms with E-state index in [-0.39, 0.29) is 23.9 Å². The van der Waals surface area contributed by atoms with Gasteiger partial charge in [-0.1, -0.05) is 12.1 Å². The molecule has 2 N–H and O–H groups in total. The fraction of sp³-hybridized carbons (Fsp3) is 0.200. The van der Waals surface area contributed by atoms with Crippen LogP contribution in [0.15, 0.2) is 54.6 Å². The molecule has 146 valence electrons. The molecular weight excluding hydrogens is 362 g/mol. The lowest BCUT2D eigenvalue weighted by molar-refractivity contribution is -0.384. The van der Waals surface area contributed by atoms with Crippen molar-refractivity contribution in [2.24, 2.45) is 0 Å². The lowest BCUT2D eigenvalue weighted by atomic mass is 10.1. The van der Waals surface area contributed by atoms with Crippen LogP contribution in [0.25, 0.3) is 6.08 Å². The highest BCUT2D eigenvalue weighted by molar-refractivity contribution is 6.01. The molecule has 0 aliphatic carbocycles. The molecule has 0 aromatic heterocycles. The minimum absolute atomic E-state index is 0.00549. The fourth-order valence-electron chi connectivity index (χ4n) is 2.31. The molecule has 8 nitrogen and oxygen atoms in total. The number of non-ortho nitro benzene ring substituents is 1. The number of ether oxygens (including phenoxy) is 1. The van der Waals surface area contributed by atoms with E-state index in [0.29, 0.717) is 24.4 Å². The van der Waals surface area contributed by atoms with E-state index in [1.807, 2.05) is 0 Å². The first-order valence-corrected chi connectivity index (χ1v) is 8.56. The smallest absolute Gasteiger partial charge is 0.269 e. The van der Waals surface area contributed by atoms with Crippen LogP contribution >= 0.6 is 0 Å². The summed E-state index contributed by atoms with van der Waals surface area (Å²) in [6, 6.07) is 12.9. The van der Waals surface area contributed by atoms with Crippen molar-refractivity contribution in [2.45, 2.75) is 6.42 Å². The molecule has 0 aliphatic heterocycles. The second kappa shape index (κ2) is 10.6. The van der Waals surface area contributed by atoms with Gasteiger partial charge in [-0.25, -0.2) is 0 Å². The van der Waals surface area contributed by atoms with Crippen molar-refractivity contribution in [3.05, 3.63) is 75.8 Å². The summed E-state index contributed by atoms with van der Waals surface area (Å²) in [7, 11) is 1.57. The molecule has 0 heterocycles. The number of hydrogen-bond acceptors (Lipinski definition) is 5. The number of hydrogen-bond donors (Lipinski definition) is 2. The standard InChI is InChI=1S/C20H21N3O5/c1-28-13-12-21-20(25)14-16-2-7-17(8-3-16)22-19(24)11-6-15-4-9-18(10-5-15)23(26)27/h2-11H,12-14H2,1H3,(H,21,25)(H,22,24)/b11-6+. The van der Waals surface area contributed by atoms with Crippen molar-refractivity contribution in [3.63, 3.8) is 0 Å². The molecule has 0 atom stereocenters. The molecule has 0 bridgehead atoms. The first-order valence-electron chi connectivity index (χ1n) is 8.56. The maximum absolute atomic E-state index is 12.0. The van der Waals surface area contributed by atoms with Crippen LogP contribution in [0.2, 0.25) is 0 Å². The van der Waals surface area contributed by atoms with Crippen LogP contribution in [0, 0.1) is 10.1 Å². The Bertz CT molecular complexity index is 845. The highest BCUT2D eigenvalue weighted by atomic mass is 16.6. The molecule has 28 heavy (non-hydrogen) atoms. The summed E-state index contributed by atoms with van der Waals surface area (Å²) < 4.78 is 4.87. The molecule has 2 aromatic carbocycles. The van der Waals surface area contributed by atoms with E-state index in [1.54, 1.807) is 49.6 Å². The molecule has 2 rings (SSSR count). The molecular formula is C20H21N3O5. The second-order valence-electron chi connectivity index (χ2n) is 5.89. The first-order chi connectivity index (χ1) is 13.5. The number of carbonyl (C=O) groups excluding carboxylic acids is 2. The van der Waals surface area contributed by atoms with Crippen molar-refractivity contribution in [1.29, 1.82) is 0 Å². The number of anilines is 1. The Morgan fingerprint density at radius 2 is 1.79 bits per heavy atom. The number of methoxy groups -OCH3 is 1. The first kappa shape index (κ1) is 20.8. The predicted molar refractivity (Wildman–Crippen MR) is 106 cm³/mol. The van der Waals surface area contributed by atoms with Crippen molar-refractivity contribution < 1.29 is 19.2 Å². The van der Waals surface area contributed by atoms with E-state index in [4.69, 9.17) is 4.74 Å². The number of carbonyl (C=O) groups is 2. The number of nitrogens with zero attached hydrogens (tertiary/aromatic N) is 1. The minimum Gasteiger partial charge on any atom is -0.383 e. The van der Waals surface area contributed by atoms with Gasteiger partial charge in [-0.3, -0.25) is 19.7 Å². The lowest BCUT2D eigenvalue weighted by Gasteiger charge is -2.06.